The number of para-hydroxylation sites is 1. The van der Waals surface area contributed by atoms with E-state index >= 15 is 0 Å². The van der Waals surface area contributed by atoms with E-state index < -0.39 is 16.1 Å². The molecule has 1 atom stereocenters. The highest BCUT2D eigenvalue weighted by Crippen LogP contribution is 2.26. The number of amides is 1. The van der Waals surface area contributed by atoms with Gasteiger partial charge in [-0.15, -0.1) is 0 Å². The summed E-state index contributed by atoms with van der Waals surface area (Å²) in [5.41, 5.74) is 1.54. The number of sulfonamides is 1. The Morgan fingerprint density at radius 2 is 1.69 bits per heavy atom. The first-order chi connectivity index (χ1) is 13.8. The maximum Gasteiger partial charge on any atom is 0.246 e. The summed E-state index contributed by atoms with van der Waals surface area (Å²) in [4.78, 5) is 17.1. The average molecular weight is 418 g/mol. The van der Waals surface area contributed by atoms with Crippen molar-refractivity contribution in [1.29, 1.82) is 0 Å². The zero-order valence-corrected chi connectivity index (χ0v) is 17.8. The predicted molar refractivity (Wildman–Crippen MR) is 115 cm³/mol. The van der Waals surface area contributed by atoms with Gasteiger partial charge in [-0.1, -0.05) is 24.3 Å². The van der Waals surface area contributed by atoms with Gasteiger partial charge in [-0.25, -0.2) is 8.42 Å². The van der Waals surface area contributed by atoms with Crippen molar-refractivity contribution in [3.05, 3.63) is 54.6 Å². The first-order valence-electron chi connectivity index (χ1n) is 9.53. The number of hydrogen-bond donors (Lipinski definition) is 0. The number of rotatable bonds is 6. The molecule has 0 unspecified atom stereocenters. The Morgan fingerprint density at radius 3 is 2.28 bits per heavy atom. The van der Waals surface area contributed by atoms with Crippen LogP contribution in [0.15, 0.2) is 54.6 Å². The first-order valence-corrected chi connectivity index (χ1v) is 11.4. The van der Waals surface area contributed by atoms with Gasteiger partial charge in [-0.05, 0) is 31.2 Å². The van der Waals surface area contributed by atoms with Crippen LogP contribution in [0.1, 0.15) is 6.92 Å². The van der Waals surface area contributed by atoms with Crippen LogP contribution >= 0.6 is 0 Å². The smallest absolute Gasteiger partial charge is 0.246 e. The van der Waals surface area contributed by atoms with E-state index in [2.05, 4.69) is 4.90 Å². The molecule has 1 amide bonds. The van der Waals surface area contributed by atoms with Gasteiger partial charge < -0.3 is 14.5 Å². The molecule has 1 aliphatic rings. The van der Waals surface area contributed by atoms with Crippen molar-refractivity contribution < 1.29 is 17.9 Å². The van der Waals surface area contributed by atoms with Crippen LogP contribution in [0, 0.1) is 0 Å². The van der Waals surface area contributed by atoms with Gasteiger partial charge in [0.05, 0.1) is 19.1 Å². The number of carbonyl (C=O) groups excluding carboxylic acids is 1. The molecule has 7 nitrogen and oxygen atoms in total. The van der Waals surface area contributed by atoms with Crippen molar-refractivity contribution in [2.45, 2.75) is 13.0 Å². The molecule has 1 saturated heterocycles. The summed E-state index contributed by atoms with van der Waals surface area (Å²) in [6.45, 7) is 4.15. The van der Waals surface area contributed by atoms with E-state index in [1.54, 1.807) is 36.1 Å². The Balaban J connectivity index is 1.75. The summed E-state index contributed by atoms with van der Waals surface area (Å²) in [6.07, 6.45) is 1.11. The fraction of sp³-hybridized carbons (Fsp3) is 0.381. The Morgan fingerprint density at radius 1 is 1.03 bits per heavy atom. The monoisotopic (exact) mass is 417 g/mol. The Labute approximate surface area is 172 Å². The lowest BCUT2D eigenvalue weighted by atomic mass is 10.2. The van der Waals surface area contributed by atoms with E-state index in [-0.39, 0.29) is 5.91 Å². The lowest BCUT2D eigenvalue weighted by Gasteiger charge is -2.39. The van der Waals surface area contributed by atoms with E-state index in [4.69, 9.17) is 4.74 Å². The Kier molecular flexibility index (Phi) is 6.32. The number of ether oxygens (including phenoxy) is 1. The van der Waals surface area contributed by atoms with E-state index in [0.717, 1.165) is 11.9 Å². The third-order valence-electron chi connectivity index (χ3n) is 5.09. The molecule has 0 aromatic heterocycles. The van der Waals surface area contributed by atoms with Crippen molar-refractivity contribution in [3.8, 4) is 5.75 Å². The second kappa shape index (κ2) is 8.73. The molecule has 2 aromatic rings. The van der Waals surface area contributed by atoms with Gasteiger partial charge in [0.25, 0.3) is 0 Å². The largest absolute Gasteiger partial charge is 0.497 e. The second-order valence-electron chi connectivity index (χ2n) is 7.08. The normalized spacial score (nSPS) is 15.7. The molecular formula is C21H27N3O4S. The van der Waals surface area contributed by atoms with E-state index in [1.807, 2.05) is 30.3 Å². The molecule has 156 valence electrons. The maximum absolute atomic E-state index is 13.1. The van der Waals surface area contributed by atoms with Crippen LogP contribution in [-0.2, 0) is 14.8 Å². The highest BCUT2D eigenvalue weighted by molar-refractivity contribution is 7.92. The van der Waals surface area contributed by atoms with Crippen LogP contribution in [0.4, 0.5) is 11.4 Å². The predicted octanol–water partition coefficient (Wildman–Crippen LogP) is 2.20. The summed E-state index contributed by atoms with van der Waals surface area (Å²) >= 11 is 0. The minimum Gasteiger partial charge on any atom is -0.497 e. The SMILES string of the molecule is COc1cccc(N([C@H](C)C(=O)N2CCN(c3ccccc3)CC2)S(C)(=O)=O)c1. The third-order valence-corrected chi connectivity index (χ3v) is 6.33. The molecule has 2 aromatic carbocycles. The highest BCUT2D eigenvalue weighted by Gasteiger charge is 2.33. The van der Waals surface area contributed by atoms with Gasteiger partial charge >= 0.3 is 0 Å². The molecule has 3 rings (SSSR count). The standard InChI is InChI=1S/C21H27N3O4S/c1-17(24(29(3,26)27)19-10-7-11-20(16-19)28-2)21(25)23-14-12-22(13-15-23)18-8-5-4-6-9-18/h4-11,16-17H,12-15H2,1-3H3/t17-/m1/s1. The molecule has 0 radical (unpaired) electrons. The number of piperazine rings is 1. The van der Waals surface area contributed by atoms with Gasteiger partial charge in [-0.2, -0.15) is 0 Å². The molecule has 0 N–H and O–H groups in total. The average Bonchev–Trinajstić information content (AvgIpc) is 2.73. The molecule has 0 saturated carbocycles. The van der Waals surface area contributed by atoms with E-state index in [9.17, 15) is 13.2 Å². The molecule has 0 spiro atoms. The number of carbonyl (C=O) groups is 1. The number of methoxy groups -OCH3 is 1. The van der Waals surface area contributed by atoms with Gasteiger partial charge in [-0.3, -0.25) is 9.10 Å². The molecule has 0 aliphatic carbocycles. The minimum absolute atomic E-state index is 0.203. The van der Waals surface area contributed by atoms with Crippen molar-refractivity contribution in [2.24, 2.45) is 0 Å². The van der Waals surface area contributed by atoms with Crippen molar-refractivity contribution in [2.75, 3.05) is 48.7 Å². The number of benzene rings is 2. The van der Waals surface area contributed by atoms with E-state index in [1.165, 1.54) is 11.4 Å². The van der Waals surface area contributed by atoms with Gasteiger partial charge in [0.1, 0.15) is 11.8 Å². The molecule has 1 aliphatic heterocycles. The first kappa shape index (κ1) is 21.0. The summed E-state index contributed by atoms with van der Waals surface area (Å²) in [7, 11) is -2.14. The van der Waals surface area contributed by atoms with E-state index in [0.29, 0.717) is 37.6 Å². The van der Waals surface area contributed by atoms with Crippen LogP contribution in [0.25, 0.3) is 0 Å². The fourth-order valence-electron chi connectivity index (χ4n) is 3.64. The van der Waals surface area contributed by atoms with Gasteiger partial charge in [0.2, 0.25) is 15.9 Å². The Bertz CT molecular complexity index is 941. The lowest BCUT2D eigenvalue weighted by molar-refractivity contribution is -0.132. The summed E-state index contributed by atoms with van der Waals surface area (Å²) in [5.74, 6) is 0.332. The number of anilines is 2. The molecular weight excluding hydrogens is 390 g/mol. The minimum atomic E-state index is -3.66. The zero-order chi connectivity index (χ0) is 21.0. The van der Waals surface area contributed by atoms with Crippen molar-refractivity contribution >= 4 is 27.3 Å². The van der Waals surface area contributed by atoms with Gasteiger partial charge in [0.15, 0.2) is 0 Å². The molecule has 1 heterocycles. The Hall–Kier alpha value is -2.74. The van der Waals surface area contributed by atoms with Crippen molar-refractivity contribution in [3.63, 3.8) is 0 Å². The van der Waals surface area contributed by atoms with Crippen LogP contribution < -0.4 is 13.9 Å². The van der Waals surface area contributed by atoms with Crippen LogP contribution in [0.5, 0.6) is 5.75 Å². The maximum atomic E-state index is 13.1. The topological polar surface area (TPSA) is 70.2 Å². The third kappa shape index (κ3) is 4.82. The van der Waals surface area contributed by atoms with Crippen LogP contribution in [0.3, 0.4) is 0 Å². The number of nitrogens with zero attached hydrogens (tertiary/aromatic N) is 3. The molecule has 8 heteroatoms. The van der Waals surface area contributed by atoms with Gasteiger partial charge in [0, 0.05) is 37.9 Å². The summed E-state index contributed by atoms with van der Waals surface area (Å²) in [5, 5.41) is 0. The highest BCUT2D eigenvalue weighted by atomic mass is 32.2. The molecule has 29 heavy (non-hydrogen) atoms. The zero-order valence-electron chi connectivity index (χ0n) is 17.0. The van der Waals surface area contributed by atoms with Crippen molar-refractivity contribution in [1.82, 2.24) is 4.90 Å². The van der Waals surface area contributed by atoms with Crippen LogP contribution in [0.2, 0.25) is 0 Å². The fourth-order valence-corrected chi connectivity index (χ4v) is 4.80. The summed E-state index contributed by atoms with van der Waals surface area (Å²) < 4.78 is 31.4. The second-order valence-corrected chi connectivity index (χ2v) is 8.94. The molecule has 1 fully saturated rings. The van der Waals surface area contributed by atoms with Crippen LogP contribution in [-0.4, -0.2) is 64.8 Å². The number of hydrogen-bond acceptors (Lipinski definition) is 5. The quantitative estimate of drug-likeness (QED) is 0.721. The summed E-state index contributed by atoms with van der Waals surface area (Å²) in [6, 6.07) is 16.0. The lowest BCUT2D eigenvalue weighted by Crippen LogP contribution is -2.55. The molecule has 0 bridgehead atoms.